The van der Waals surface area contributed by atoms with Gasteiger partial charge in [-0.05, 0) is 13.3 Å². The normalized spacial score (nSPS) is 31.0. The summed E-state index contributed by atoms with van der Waals surface area (Å²) in [5, 5.41) is 2.18. The topological polar surface area (TPSA) is 142 Å². The molecule has 0 spiro atoms. The average molecular weight is 518 g/mol. The molecule has 3 aliphatic heterocycles. The monoisotopic (exact) mass is 518 g/mol. The van der Waals surface area contributed by atoms with Crippen LogP contribution in [0.5, 0.6) is 0 Å². The molecule has 3 aliphatic rings. The van der Waals surface area contributed by atoms with Gasteiger partial charge in [0, 0.05) is 0 Å². The predicted octanol–water partition coefficient (Wildman–Crippen LogP) is 0.931. The van der Waals surface area contributed by atoms with Crippen LogP contribution < -0.4 is 5.32 Å². The molecule has 0 aromatic carbocycles. The zero-order chi connectivity index (χ0) is 24.4. The summed E-state index contributed by atoms with van der Waals surface area (Å²) >= 11 is 0. The van der Waals surface area contributed by atoms with E-state index in [4.69, 9.17) is 9.47 Å². The lowest BCUT2D eigenvalue weighted by molar-refractivity contribution is -0.143. The van der Waals surface area contributed by atoms with Crippen LogP contribution in [-0.4, -0.2) is 70.4 Å². The SMILES string of the molecule is CC(C[C-](S(=O)(=O)C(F)(F)F)S(=O)(=O)C(F)(F)F)OC(=O)NC1C2CC3C(=O)OC1C3O2. The average Bonchev–Trinajstić information content (AvgIpc) is 3.22. The van der Waals surface area contributed by atoms with Gasteiger partial charge in [-0.3, -0.25) is 21.6 Å². The quantitative estimate of drug-likeness (QED) is 0.309. The molecule has 0 aromatic heterocycles. The molecule has 10 nitrogen and oxygen atoms in total. The Kier molecular flexibility index (Phi) is 5.90. The van der Waals surface area contributed by atoms with Gasteiger partial charge in [0.15, 0.2) is 6.10 Å². The third-order valence-corrected chi connectivity index (χ3v) is 9.17. The molecule has 0 saturated carbocycles. The first-order valence-electron chi connectivity index (χ1n) is 8.69. The van der Waals surface area contributed by atoms with Gasteiger partial charge in [0.05, 0.1) is 24.2 Å². The molecule has 1 amide bonds. The van der Waals surface area contributed by atoms with Crippen molar-refractivity contribution in [3.63, 3.8) is 0 Å². The fourth-order valence-electron chi connectivity index (χ4n) is 3.71. The maximum absolute atomic E-state index is 12.8. The summed E-state index contributed by atoms with van der Waals surface area (Å²) in [4.78, 5) is 23.7. The van der Waals surface area contributed by atoms with Crippen molar-refractivity contribution in [3.8, 4) is 0 Å². The van der Waals surface area contributed by atoms with Gasteiger partial charge in [-0.1, -0.05) is 4.58 Å². The summed E-state index contributed by atoms with van der Waals surface area (Å²) in [5.41, 5.74) is -12.7. The van der Waals surface area contributed by atoms with Gasteiger partial charge < -0.3 is 19.5 Å². The maximum Gasteiger partial charge on any atom is 0.469 e. The summed E-state index contributed by atoms with van der Waals surface area (Å²) in [5.74, 6) is -1.07. The third-order valence-electron chi connectivity index (χ3n) is 5.10. The Balaban J connectivity index is 1.71. The van der Waals surface area contributed by atoms with Crippen LogP contribution in [0.3, 0.4) is 0 Å². The first kappa shape index (κ1) is 24.8. The Bertz CT molecular complexity index is 965. The lowest BCUT2D eigenvalue weighted by Crippen LogP contribution is -2.50. The van der Waals surface area contributed by atoms with Crippen LogP contribution in [0.1, 0.15) is 19.8 Å². The molecular weight excluding hydrogens is 504 g/mol. The number of carbonyl (C=O) groups excluding carboxylic acids is 2. The molecule has 6 unspecified atom stereocenters. The molecule has 18 heteroatoms. The van der Waals surface area contributed by atoms with E-state index in [-0.39, 0.29) is 6.42 Å². The van der Waals surface area contributed by atoms with Crippen LogP contribution in [-0.2, 0) is 38.7 Å². The molecule has 184 valence electrons. The van der Waals surface area contributed by atoms with Crippen molar-refractivity contribution in [3.05, 3.63) is 4.58 Å². The van der Waals surface area contributed by atoms with Gasteiger partial charge in [-0.2, -0.15) is 26.3 Å². The predicted molar refractivity (Wildman–Crippen MR) is 87.3 cm³/mol. The molecule has 0 aliphatic carbocycles. The van der Waals surface area contributed by atoms with Crippen LogP contribution in [0.15, 0.2) is 0 Å². The van der Waals surface area contributed by atoms with Gasteiger partial charge >= 0.3 is 23.1 Å². The molecule has 3 fully saturated rings. The zero-order valence-electron chi connectivity index (χ0n) is 15.6. The van der Waals surface area contributed by atoms with E-state index in [0.717, 1.165) is 0 Å². The van der Waals surface area contributed by atoms with Crippen molar-refractivity contribution >= 4 is 31.7 Å². The number of hydrogen-bond acceptors (Lipinski definition) is 9. The summed E-state index contributed by atoms with van der Waals surface area (Å²) in [6.45, 7) is 0.695. The number of halogens is 6. The van der Waals surface area contributed by atoms with E-state index >= 15 is 0 Å². The summed E-state index contributed by atoms with van der Waals surface area (Å²) < 4.78 is 135. The molecule has 3 rings (SSSR count). The van der Waals surface area contributed by atoms with Gasteiger partial charge in [-0.15, -0.1) is 6.42 Å². The summed E-state index contributed by atoms with van der Waals surface area (Å²) in [6, 6.07) is -0.927. The Labute approximate surface area is 176 Å². The lowest BCUT2D eigenvalue weighted by Gasteiger charge is -2.33. The number of fused-ring (bicyclic) bond motifs is 1. The van der Waals surface area contributed by atoms with E-state index < -0.39 is 90.1 Å². The number of ether oxygens (including phenoxy) is 3. The van der Waals surface area contributed by atoms with E-state index in [1.54, 1.807) is 0 Å². The largest absolute Gasteiger partial charge is 0.469 e. The highest BCUT2D eigenvalue weighted by molar-refractivity contribution is 8.13. The highest BCUT2D eigenvalue weighted by Crippen LogP contribution is 2.46. The number of alkyl halides is 6. The number of amides is 1. The van der Waals surface area contributed by atoms with Crippen LogP contribution in [0.2, 0.25) is 0 Å². The maximum atomic E-state index is 12.8. The lowest BCUT2D eigenvalue weighted by atomic mass is 9.87. The van der Waals surface area contributed by atoms with Crippen molar-refractivity contribution in [1.82, 2.24) is 5.32 Å². The zero-order valence-corrected chi connectivity index (χ0v) is 17.3. The highest BCUT2D eigenvalue weighted by atomic mass is 32.3. The minimum absolute atomic E-state index is 0.200. The highest BCUT2D eigenvalue weighted by Gasteiger charge is 2.64. The number of nitrogens with one attached hydrogen (secondary N) is 1. The second kappa shape index (κ2) is 7.61. The Morgan fingerprint density at radius 2 is 1.66 bits per heavy atom. The second-order valence-corrected chi connectivity index (χ2v) is 11.4. The van der Waals surface area contributed by atoms with Gasteiger partial charge in [0.1, 0.15) is 25.8 Å². The molecular formula is C14H14F6NO9S2-. The van der Waals surface area contributed by atoms with Gasteiger partial charge in [0.25, 0.3) is 0 Å². The molecule has 1 N–H and O–H groups in total. The molecule has 3 heterocycles. The number of sulfone groups is 2. The Morgan fingerprint density at radius 1 is 1.12 bits per heavy atom. The van der Waals surface area contributed by atoms with E-state index in [1.165, 1.54) is 0 Å². The van der Waals surface area contributed by atoms with Crippen molar-refractivity contribution in [2.45, 2.75) is 61.2 Å². The summed E-state index contributed by atoms with van der Waals surface area (Å²) in [6.07, 6.45) is -7.38. The third kappa shape index (κ3) is 4.00. The van der Waals surface area contributed by atoms with Crippen LogP contribution in [0.4, 0.5) is 31.1 Å². The molecule has 3 saturated heterocycles. The number of esters is 1. The smallest absolute Gasteiger partial charge is 0.457 e. The number of alkyl carbamates (subject to hydrolysis) is 1. The van der Waals surface area contributed by atoms with Crippen LogP contribution >= 0.6 is 0 Å². The van der Waals surface area contributed by atoms with E-state index in [9.17, 15) is 52.8 Å². The van der Waals surface area contributed by atoms with Crippen LogP contribution in [0, 0.1) is 10.5 Å². The fraction of sp³-hybridized carbons (Fsp3) is 0.786. The van der Waals surface area contributed by atoms with Crippen molar-refractivity contribution in [2.75, 3.05) is 0 Å². The Morgan fingerprint density at radius 3 is 2.16 bits per heavy atom. The summed E-state index contributed by atoms with van der Waals surface area (Å²) in [7, 11) is -13.9. The first-order valence-corrected chi connectivity index (χ1v) is 11.7. The second-order valence-electron chi connectivity index (χ2n) is 7.24. The molecule has 32 heavy (non-hydrogen) atoms. The number of rotatable bonds is 6. The molecule has 0 aromatic rings. The van der Waals surface area contributed by atoms with E-state index in [2.05, 4.69) is 10.1 Å². The first-order chi connectivity index (χ1) is 14.4. The molecule has 6 atom stereocenters. The number of carbonyl (C=O) groups is 2. The molecule has 2 bridgehead atoms. The minimum Gasteiger partial charge on any atom is -0.457 e. The fourth-order valence-corrected chi connectivity index (χ4v) is 6.86. The van der Waals surface area contributed by atoms with Crippen LogP contribution in [0.25, 0.3) is 0 Å². The Hall–Kier alpha value is -1.82. The van der Waals surface area contributed by atoms with Gasteiger partial charge in [-0.25, -0.2) is 4.79 Å². The van der Waals surface area contributed by atoms with Gasteiger partial charge in [0.2, 0.25) is 0 Å². The van der Waals surface area contributed by atoms with E-state index in [0.29, 0.717) is 6.92 Å². The van der Waals surface area contributed by atoms with Crippen molar-refractivity contribution < 1.29 is 67.0 Å². The van der Waals surface area contributed by atoms with E-state index in [1.807, 2.05) is 0 Å². The standard InChI is InChI=1S/C14H14F6NO9S2/c1-4(2-7(31(24,25)13(15,16)17)32(26,27)14(18,19)20)28-12(23)21-8-6-3-5-9(29-6)10(8)30-11(5)22/h4-6,8-10H,2-3H2,1H3,(H,21,23)/q-1. The molecule has 0 radical (unpaired) electrons. The minimum atomic E-state index is -6.93. The van der Waals surface area contributed by atoms with Crippen molar-refractivity contribution in [2.24, 2.45) is 5.92 Å². The van der Waals surface area contributed by atoms with Crippen molar-refractivity contribution in [1.29, 1.82) is 0 Å². The number of hydrogen-bond donors (Lipinski definition) is 1.